The summed E-state index contributed by atoms with van der Waals surface area (Å²) >= 11 is 0. The molecular weight excluding hydrogens is 649 g/mol. The Morgan fingerprint density at radius 2 is 1.56 bits per heavy atom. The molecule has 4 aliphatic rings. The van der Waals surface area contributed by atoms with Crippen LogP contribution >= 0.6 is 7.82 Å². The summed E-state index contributed by atoms with van der Waals surface area (Å²) in [5.74, 6) is 4.98. The van der Waals surface area contributed by atoms with Gasteiger partial charge >= 0.3 is 14.0 Å². The molecule has 0 radical (unpaired) electrons. The van der Waals surface area contributed by atoms with E-state index in [4.69, 9.17) is 18.5 Å². The summed E-state index contributed by atoms with van der Waals surface area (Å²) in [6.07, 6.45) is 21.3. The number of likely N-dealkylation sites (N-methyl/N-ethyl adjacent to an activating group) is 1. The normalized spacial score (nSPS) is 32.8. The lowest BCUT2D eigenvalue weighted by molar-refractivity contribution is -0.870. The summed E-state index contributed by atoms with van der Waals surface area (Å²) in [5.41, 5.74) is 2.30. The highest BCUT2D eigenvalue weighted by atomic mass is 31.2. The first-order valence-corrected chi connectivity index (χ1v) is 22.0. The molecule has 0 spiro atoms. The van der Waals surface area contributed by atoms with E-state index in [1.54, 1.807) is 5.57 Å². The number of rotatable bonds is 20. The van der Waals surface area contributed by atoms with Crippen molar-refractivity contribution in [2.24, 2.45) is 46.3 Å². The van der Waals surface area contributed by atoms with Gasteiger partial charge in [-0.05, 0) is 104 Å². The molecule has 0 aromatic heterocycles. The molecule has 0 aliphatic heterocycles. The Morgan fingerprint density at radius 1 is 0.880 bits per heavy atom. The molecule has 290 valence electrons. The van der Waals surface area contributed by atoms with E-state index in [2.05, 4.69) is 40.7 Å². The zero-order valence-corrected chi connectivity index (χ0v) is 34.2. The zero-order valence-electron chi connectivity index (χ0n) is 33.3. The maximum Gasteiger partial charge on any atom is 0.508 e. The van der Waals surface area contributed by atoms with Crippen LogP contribution in [0.15, 0.2) is 11.6 Å². The van der Waals surface area contributed by atoms with Crippen molar-refractivity contribution in [3.8, 4) is 0 Å². The molecule has 0 saturated heterocycles. The van der Waals surface area contributed by atoms with Crippen LogP contribution < -0.4 is 0 Å². The number of phosphoric ester groups is 1. The quantitative estimate of drug-likeness (QED) is 0.0439. The van der Waals surface area contributed by atoms with Crippen molar-refractivity contribution in [3.63, 3.8) is 0 Å². The van der Waals surface area contributed by atoms with E-state index in [-0.39, 0.29) is 24.7 Å². The molecule has 0 bridgehead atoms. The van der Waals surface area contributed by atoms with Crippen LogP contribution in [0.2, 0.25) is 0 Å². The van der Waals surface area contributed by atoms with Crippen LogP contribution in [-0.2, 0) is 23.1 Å². The number of carbonyl (C=O) groups excluding carboxylic acids is 1. The first-order chi connectivity index (χ1) is 23.5. The largest absolute Gasteiger partial charge is 0.508 e. The molecule has 1 N–H and O–H groups in total. The monoisotopic (exact) mass is 725 g/mol. The second-order valence-electron chi connectivity index (χ2n) is 18.6. The molecular formula is C41H75NO7P+. The van der Waals surface area contributed by atoms with Crippen LogP contribution in [-0.4, -0.2) is 69.1 Å². The second-order valence-corrected chi connectivity index (χ2v) is 20.1. The van der Waals surface area contributed by atoms with E-state index in [1.807, 2.05) is 21.1 Å². The molecule has 9 heteroatoms. The van der Waals surface area contributed by atoms with E-state index in [1.165, 1.54) is 51.4 Å². The predicted octanol–water partition coefficient (Wildman–Crippen LogP) is 10.7. The van der Waals surface area contributed by atoms with E-state index in [9.17, 15) is 14.3 Å². The first kappa shape index (κ1) is 41.8. The predicted molar refractivity (Wildman–Crippen MR) is 202 cm³/mol. The average molecular weight is 725 g/mol. The van der Waals surface area contributed by atoms with Gasteiger partial charge in [0.1, 0.15) is 19.3 Å². The van der Waals surface area contributed by atoms with Crippen LogP contribution in [0.3, 0.4) is 0 Å². The van der Waals surface area contributed by atoms with Crippen molar-refractivity contribution >= 4 is 14.0 Å². The summed E-state index contributed by atoms with van der Waals surface area (Å²) in [4.78, 5) is 22.4. The number of hydrogen-bond donors (Lipinski definition) is 1. The third kappa shape index (κ3) is 11.5. The molecule has 0 aromatic carbocycles. The second kappa shape index (κ2) is 18.4. The van der Waals surface area contributed by atoms with Gasteiger partial charge < -0.3 is 18.9 Å². The van der Waals surface area contributed by atoms with Crippen molar-refractivity contribution in [2.75, 3.05) is 47.5 Å². The maximum absolute atomic E-state index is 12.6. The standard InChI is InChI=1S/C41H74NO7P/c1-31(2)16-15-17-32(3)36-20-21-37-35-19-18-33-30-34(22-24-40(33,4)38(35)23-25-41(36,37)5)49-39(43)46-27-13-11-9-10-12-14-28-47-50(44,45)48-29-26-42(6,7)8/h18,31-32,34-38H,9-17,19-30H2,1-8H3/p+1/t32-,34+,35?,36-,37?,38?,40+,41-/m1/s1. The third-order valence-electron chi connectivity index (χ3n) is 13.6. The van der Waals surface area contributed by atoms with Gasteiger partial charge in [0.15, 0.2) is 0 Å². The Kier molecular flexibility index (Phi) is 15.4. The van der Waals surface area contributed by atoms with Gasteiger partial charge in [-0.2, -0.15) is 0 Å². The summed E-state index contributed by atoms with van der Waals surface area (Å²) < 4.78 is 34.1. The van der Waals surface area contributed by atoms with Crippen molar-refractivity contribution in [1.29, 1.82) is 0 Å². The number of phosphoric acid groups is 1. The summed E-state index contributed by atoms with van der Waals surface area (Å²) in [5, 5.41) is 0. The summed E-state index contributed by atoms with van der Waals surface area (Å²) in [6, 6.07) is 0. The minimum atomic E-state index is -3.98. The van der Waals surface area contributed by atoms with E-state index < -0.39 is 14.0 Å². The van der Waals surface area contributed by atoms with Crippen LogP contribution in [0.4, 0.5) is 4.79 Å². The number of unbranched alkanes of at least 4 members (excludes halogenated alkanes) is 5. The Hall–Kier alpha value is -0.920. The average Bonchev–Trinajstić information content (AvgIpc) is 3.38. The highest BCUT2D eigenvalue weighted by Crippen LogP contribution is 2.67. The fourth-order valence-corrected chi connectivity index (χ4v) is 11.4. The van der Waals surface area contributed by atoms with E-state index in [0.29, 0.717) is 29.5 Å². The minimum Gasteiger partial charge on any atom is -0.434 e. The number of ether oxygens (including phenoxy) is 2. The van der Waals surface area contributed by atoms with Gasteiger partial charge in [-0.1, -0.05) is 91.2 Å². The maximum atomic E-state index is 12.6. The van der Waals surface area contributed by atoms with Crippen molar-refractivity contribution in [1.82, 2.24) is 0 Å². The number of carbonyl (C=O) groups is 1. The molecule has 3 fully saturated rings. The molecule has 3 saturated carbocycles. The van der Waals surface area contributed by atoms with Gasteiger partial charge in [0.2, 0.25) is 0 Å². The summed E-state index contributed by atoms with van der Waals surface area (Å²) in [7, 11) is 2.02. The smallest absolute Gasteiger partial charge is 0.434 e. The number of allylic oxidation sites excluding steroid dienone is 1. The highest BCUT2D eigenvalue weighted by molar-refractivity contribution is 7.47. The molecule has 4 unspecified atom stereocenters. The SMILES string of the molecule is CC(C)CCC[C@@H](C)[C@H]1CCC2C3CC=C4C[C@@H](OC(=O)OCCCCCCCCOP(=O)(O)OCC[N+](C)(C)C)CC[C@]4(C)C3CC[C@@]21C. The molecule has 8 nitrogen and oxygen atoms in total. The molecule has 4 aliphatic carbocycles. The third-order valence-corrected chi connectivity index (χ3v) is 14.6. The number of quaternary nitrogens is 1. The lowest BCUT2D eigenvalue weighted by atomic mass is 9.47. The highest BCUT2D eigenvalue weighted by Gasteiger charge is 2.59. The number of fused-ring (bicyclic) bond motifs is 5. The molecule has 4 rings (SSSR count). The molecule has 9 atom stereocenters. The topological polar surface area (TPSA) is 91.3 Å². The molecule has 0 heterocycles. The van der Waals surface area contributed by atoms with Crippen LogP contribution in [0.5, 0.6) is 0 Å². The van der Waals surface area contributed by atoms with E-state index >= 15 is 0 Å². The first-order valence-electron chi connectivity index (χ1n) is 20.5. The van der Waals surface area contributed by atoms with Crippen LogP contribution in [0.25, 0.3) is 0 Å². The molecule has 0 aromatic rings. The van der Waals surface area contributed by atoms with Crippen molar-refractivity contribution in [2.45, 2.75) is 150 Å². The van der Waals surface area contributed by atoms with Gasteiger partial charge in [-0.15, -0.1) is 0 Å². The lowest BCUT2D eigenvalue weighted by Crippen LogP contribution is -2.51. The van der Waals surface area contributed by atoms with Crippen molar-refractivity contribution < 1.29 is 37.3 Å². The van der Waals surface area contributed by atoms with Gasteiger partial charge in [0.05, 0.1) is 34.4 Å². The fraction of sp³-hybridized carbons (Fsp3) is 0.927. The van der Waals surface area contributed by atoms with E-state index in [0.717, 1.165) is 86.9 Å². The van der Waals surface area contributed by atoms with Gasteiger partial charge in [-0.25, -0.2) is 9.36 Å². The van der Waals surface area contributed by atoms with Crippen molar-refractivity contribution in [3.05, 3.63) is 11.6 Å². The van der Waals surface area contributed by atoms with Gasteiger partial charge in [0.25, 0.3) is 0 Å². The lowest BCUT2D eigenvalue weighted by Gasteiger charge is -2.58. The molecule has 0 amide bonds. The number of nitrogens with zero attached hydrogens (tertiary/aromatic N) is 1. The van der Waals surface area contributed by atoms with Gasteiger partial charge in [0, 0.05) is 6.42 Å². The van der Waals surface area contributed by atoms with Crippen LogP contribution in [0, 0.1) is 46.3 Å². The fourth-order valence-electron chi connectivity index (χ4n) is 10.6. The number of hydrogen-bond acceptors (Lipinski definition) is 6. The Bertz CT molecular complexity index is 1150. The Labute approximate surface area is 306 Å². The summed E-state index contributed by atoms with van der Waals surface area (Å²) in [6.45, 7) is 13.9. The van der Waals surface area contributed by atoms with Crippen LogP contribution in [0.1, 0.15) is 144 Å². The zero-order chi connectivity index (χ0) is 36.6. The Morgan fingerprint density at radius 3 is 2.26 bits per heavy atom. The van der Waals surface area contributed by atoms with Gasteiger partial charge in [-0.3, -0.25) is 9.05 Å². The Balaban J connectivity index is 1.10. The molecule has 50 heavy (non-hydrogen) atoms. The minimum absolute atomic E-state index is 0.0747.